The molecule has 0 nitrogen and oxygen atoms in total. The summed E-state index contributed by atoms with van der Waals surface area (Å²) in [5.74, 6) is 0. The van der Waals surface area contributed by atoms with Crippen LogP contribution in [0.4, 0.5) is 0 Å². The summed E-state index contributed by atoms with van der Waals surface area (Å²) in [6.45, 7) is 13.6. The Bertz CT molecular complexity index is 421. The van der Waals surface area contributed by atoms with E-state index in [2.05, 4.69) is 69.6 Å². The van der Waals surface area contributed by atoms with Crippen LogP contribution < -0.4 is 0 Å². The quantitative estimate of drug-likeness (QED) is 0.454. The molecule has 0 radical (unpaired) electrons. The number of rotatable bonds is 6. The van der Waals surface area contributed by atoms with Crippen molar-refractivity contribution in [3.63, 3.8) is 0 Å². The van der Waals surface area contributed by atoms with Crippen molar-refractivity contribution in [2.24, 2.45) is 0 Å². The van der Waals surface area contributed by atoms with E-state index in [4.69, 9.17) is 0 Å². The summed E-state index contributed by atoms with van der Waals surface area (Å²) >= 11 is 0. The van der Waals surface area contributed by atoms with Crippen molar-refractivity contribution >= 4 is 13.6 Å². The fourth-order valence-corrected chi connectivity index (χ4v) is 2.79. The van der Waals surface area contributed by atoms with E-state index in [0.29, 0.717) is 0 Å². The molecule has 1 rings (SSSR count). The lowest BCUT2D eigenvalue weighted by atomic mass is 9.98. The normalized spacial score (nSPS) is 12.0. The highest BCUT2D eigenvalue weighted by molar-refractivity contribution is 6.76. The van der Waals surface area contributed by atoms with E-state index in [-0.39, 0.29) is 0 Å². The van der Waals surface area contributed by atoms with Crippen LogP contribution in [0.5, 0.6) is 0 Å². The van der Waals surface area contributed by atoms with Gasteiger partial charge in [0.2, 0.25) is 0 Å². The summed E-state index contributed by atoms with van der Waals surface area (Å²) in [6, 6.07) is 9.78. The van der Waals surface area contributed by atoms with E-state index in [1.807, 2.05) is 0 Å². The third-order valence-electron chi connectivity index (χ3n) is 3.04. The minimum absolute atomic E-state index is 0.917. The fraction of sp³-hybridized carbons (Fsp3) is 0.412. The van der Waals surface area contributed by atoms with Crippen molar-refractivity contribution in [3.8, 4) is 0 Å². The minimum atomic E-state index is -0.917. The Morgan fingerprint density at radius 3 is 2.44 bits per heavy atom. The predicted octanol–water partition coefficient (Wildman–Crippen LogP) is 5.68. The summed E-state index contributed by atoms with van der Waals surface area (Å²) in [7, 11) is -0.917. The second-order valence-corrected chi connectivity index (χ2v) is 11.7. The Labute approximate surface area is 113 Å². The first-order valence-corrected chi connectivity index (χ1v) is 10.5. The molecule has 0 saturated heterocycles. The zero-order valence-electron chi connectivity index (χ0n) is 12.3. The molecule has 1 aromatic rings. The molecule has 18 heavy (non-hydrogen) atoms. The maximum atomic E-state index is 4.21. The van der Waals surface area contributed by atoms with Crippen molar-refractivity contribution in [1.29, 1.82) is 0 Å². The molecular weight excluding hydrogens is 232 g/mol. The average Bonchev–Trinajstić information content (AvgIpc) is 2.27. The molecule has 0 heterocycles. The minimum Gasteiger partial charge on any atom is -0.0952 e. The van der Waals surface area contributed by atoms with Crippen molar-refractivity contribution in [3.05, 3.63) is 54.1 Å². The topological polar surface area (TPSA) is 0 Å². The molecule has 0 saturated carbocycles. The van der Waals surface area contributed by atoms with Gasteiger partial charge in [-0.05, 0) is 42.5 Å². The van der Waals surface area contributed by atoms with E-state index in [9.17, 15) is 0 Å². The van der Waals surface area contributed by atoms with Crippen molar-refractivity contribution < 1.29 is 0 Å². The monoisotopic (exact) mass is 258 g/mol. The van der Waals surface area contributed by atoms with Crippen LogP contribution in [0, 0.1) is 6.92 Å². The summed E-state index contributed by atoms with van der Waals surface area (Å²) in [5, 5.41) is 0. The first-order valence-electron chi connectivity index (χ1n) is 6.79. The highest BCUT2D eigenvalue weighted by Gasteiger charge is 2.09. The van der Waals surface area contributed by atoms with Gasteiger partial charge in [-0.2, -0.15) is 0 Å². The molecule has 0 aliphatic heterocycles. The van der Waals surface area contributed by atoms with E-state index in [1.165, 1.54) is 22.7 Å². The lowest BCUT2D eigenvalue weighted by Gasteiger charge is -2.11. The van der Waals surface area contributed by atoms with E-state index in [0.717, 1.165) is 12.8 Å². The van der Waals surface area contributed by atoms with Gasteiger partial charge in [-0.25, -0.2) is 0 Å². The number of hydrogen-bond donors (Lipinski definition) is 0. The van der Waals surface area contributed by atoms with Gasteiger partial charge in [0, 0.05) is 8.07 Å². The summed E-state index contributed by atoms with van der Waals surface area (Å²) in [5.41, 5.74) is 3.90. The Hall–Kier alpha value is -1.08. The number of benzene rings is 1. The van der Waals surface area contributed by atoms with Crippen LogP contribution in [-0.4, -0.2) is 8.07 Å². The van der Waals surface area contributed by atoms with Crippen LogP contribution in [0.25, 0.3) is 5.57 Å². The van der Waals surface area contributed by atoms with E-state index < -0.39 is 8.07 Å². The standard InChI is InChI=1S/C17H26Si/c1-15(17-13-9-8-12-16(17)2)11-7-6-10-14-18(3,4)5/h6,8-10,12-13H,1,7,11,14H2,2-5H3/b10-6+. The molecule has 0 amide bonds. The lowest BCUT2D eigenvalue weighted by Crippen LogP contribution is -2.17. The molecule has 1 aromatic carbocycles. The Morgan fingerprint density at radius 2 is 1.83 bits per heavy atom. The van der Waals surface area contributed by atoms with Crippen LogP contribution in [-0.2, 0) is 0 Å². The van der Waals surface area contributed by atoms with Gasteiger partial charge in [0.1, 0.15) is 0 Å². The van der Waals surface area contributed by atoms with Gasteiger partial charge in [0.05, 0.1) is 0 Å². The second kappa shape index (κ2) is 6.74. The Morgan fingerprint density at radius 1 is 1.17 bits per heavy atom. The summed E-state index contributed by atoms with van der Waals surface area (Å²) in [4.78, 5) is 0. The third-order valence-corrected chi connectivity index (χ3v) is 4.50. The molecule has 0 atom stereocenters. The number of hydrogen-bond acceptors (Lipinski definition) is 0. The molecule has 1 heteroatoms. The van der Waals surface area contributed by atoms with Gasteiger partial charge in [-0.1, -0.05) is 62.6 Å². The second-order valence-electron chi connectivity index (χ2n) is 6.19. The van der Waals surface area contributed by atoms with Crippen LogP contribution in [0.15, 0.2) is 43.0 Å². The van der Waals surface area contributed by atoms with Crippen LogP contribution in [0.2, 0.25) is 25.7 Å². The maximum Gasteiger partial charge on any atom is 0.0480 e. The van der Waals surface area contributed by atoms with Gasteiger partial charge in [0.25, 0.3) is 0 Å². The SMILES string of the molecule is C=C(CC/C=C/C[Si](C)(C)C)c1ccccc1C. The molecule has 98 valence electrons. The van der Waals surface area contributed by atoms with Gasteiger partial charge in [-0.15, -0.1) is 0 Å². The molecule has 0 aliphatic rings. The highest BCUT2D eigenvalue weighted by atomic mass is 28.3. The molecule has 0 fully saturated rings. The molecule has 0 aromatic heterocycles. The zero-order valence-corrected chi connectivity index (χ0v) is 13.3. The smallest absolute Gasteiger partial charge is 0.0480 e. The van der Waals surface area contributed by atoms with Crippen LogP contribution in [0.1, 0.15) is 24.0 Å². The van der Waals surface area contributed by atoms with Gasteiger partial charge < -0.3 is 0 Å². The van der Waals surface area contributed by atoms with E-state index >= 15 is 0 Å². The Kier molecular flexibility index (Phi) is 5.61. The fourth-order valence-electron chi connectivity index (χ4n) is 1.92. The highest BCUT2D eigenvalue weighted by Crippen LogP contribution is 2.21. The first-order chi connectivity index (χ1) is 8.40. The molecular formula is C17H26Si. The average molecular weight is 258 g/mol. The molecule has 0 spiro atoms. The number of aryl methyl sites for hydroxylation is 1. The Balaban J connectivity index is 2.41. The predicted molar refractivity (Wildman–Crippen MR) is 86.7 cm³/mol. The molecule has 0 unspecified atom stereocenters. The molecule has 0 bridgehead atoms. The largest absolute Gasteiger partial charge is 0.0952 e. The van der Waals surface area contributed by atoms with Gasteiger partial charge in [0.15, 0.2) is 0 Å². The van der Waals surface area contributed by atoms with Gasteiger partial charge >= 0.3 is 0 Å². The van der Waals surface area contributed by atoms with Gasteiger partial charge in [-0.3, -0.25) is 0 Å². The zero-order chi connectivity index (χ0) is 13.6. The summed E-state index contributed by atoms with van der Waals surface area (Å²) in [6.07, 6.45) is 6.85. The van der Waals surface area contributed by atoms with Crippen molar-refractivity contribution in [1.82, 2.24) is 0 Å². The first kappa shape index (κ1) is 15.0. The molecule has 0 N–H and O–H groups in total. The number of allylic oxidation sites excluding steroid dienone is 3. The van der Waals surface area contributed by atoms with Crippen molar-refractivity contribution in [2.75, 3.05) is 0 Å². The van der Waals surface area contributed by atoms with Crippen molar-refractivity contribution in [2.45, 2.75) is 45.5 Å². The lowest BCUT2D eigenvalue weighted by molar-refractivity contribution is 1.06. The maximum absolute atomic E-state index is 4.21. The van der Waals surface area contributed by atoms with Crippen LogP contribution in [0.3, 0.4) is 0 Å². The van der Waals surface area contributed by atoms with E-state index in [1.54, 1.807) is 0 Å². The third kappa shape index (κ3) is 5.50. The summed E-state index contributed by atoms with van der Waals surface area (Å²) < 4.78 is 0. The van der Waals surface area contributed by atoms with Crippen LogP contribution >= 0.6 is 0 Å². The molecule has 0 aliphatic carbocycles.